The van der Waals surface area contributed by atoms with Crippen molar-refractivity contribution in [2.75, 3.05) is 34.3 Å². The third kappa shape index (κ3) is 11.3. The highest BCUT2D eigenvalue weighted by molar-refractivity contribution is 7.86. The zero-order valence-electron chi connectivity index (χ0n) is 19.7. The minimum atomic E-state index is -3.50. The van der Waals surface area contributed by atoms with Crippen LogP contribution in [0.15, 0.2) is 72.1 Å². The fourth-order valence-electron chi connectivity index (χ4n) is 3.36. The summed E-state index contributed by atoms with van der Waals surface area (Å²) in [5, 5.41) is 0. The van der Waals surface area contributed by atoms with Crippen LogP contribution in [0.3, 0.4) is 0 Å². The van der Waals surface area contributed by atoms with E-state index in [1.165, 1.54) is 68.3 Å². The molecule has 2 aromatic rings. The van der Waals surface area contributed by atoms with E-state index in [2.05, 4.69) is 62.1 Å². The quantitative estimate of drug-likeness (QED) is 0.223. The molecule has 5 heteroatoms. The largest absolute Gasteiger partial charge is 0.325 e. The highest BCUT2D eigenvalue weighted by Gasteiger charge is 2.16. The van der Waals surface area contributed by atoms with Crippen LogP contribution in [0.25, 0.3) is 5.57 Å². The van der Waals surface area contributed by atoms with Crippen molar-refractivity contribution in [2.24, 2.45) is 0 Å². The Labute approximate surface area is 190 Å². The molecule has 0 aliphatic carbocycles. The lowest BCUT2D eigenvalue weighted by molar-refractivity contribution is -0.883. The minimum absolute atomic E-state index is 0.183. The van der Waals surface area contributed by atoms with Crippen molar-refractivity contribution in [3.63, 3.8) is 0 Å². The maximum absolute atomic E-state index is 11.0. The number of nitrogens with zero attached hydrogens (tertiary/aromatic N) is 1. The Morgan fingerprint density at radius 3 is 1.94 bits per heavy atom. The van der Waals surface area contributed by atoms with Gasteiger partial charge in [0.05, 0.1) is 32.6 Å². The van der Waals surface area contributed by atoms with Gasteiger partial charge in [0.2, 0.25) is 0 Å². The van der Waals surface area contributed by atoms with Crippen molar-refractivity contribution in [1.82, 2.24) is 0 Å². The maximum atomic E-state index is 11.0. The SMILES string of the molecule is C=C(C[N+](C)(C)CCCCCCCC)c1ccccc1.COS(=O)(=O)c1ccccc1. The zero-order chi connectivity index (χ0) is 23.2. The van der Waals surface area contributed by atoms with Gasteiger partial charge in [-0.25, -0.2) is 0 Å². The molecular weight excluding hydrogens is 406 g/mol. The Kier molecular flexibility index (Phi) is 12.4. The van der Waals surface area contributed by atoms with E-state index in [1.54, 1.807) is 18.2 Å². The van der Waals surface area contributed by atoms with Crippen LogP contribution in [-0.4, -0.2) is 47.2 Å². The molecule has 31 heavy (non-hydrogen) atoms. The molecule has 0 bridgehead atoms. The second-order valence-electron chi connectivity index (χ2n) is 8.49. The van der Waals surface area contributed by atoms with Crippen LogP contribution in [0.4, 0.5) is 0 Å². The van der Waals surface area contributed by atoms with E-state index in [-0.39, 0.29) is 4.90 Å². The Hall–Kier alpha value is -1.95. The molecule has 0 saturated carbocycles. The fraction of sp³-hybridized carbons (Fsp3) is 0.462. The van der Waals surface area contributed by atoms with Crippen molar-refractivity contribution < 1.29 is 17.1 Å². The van der Waals surface area contributed by atoms with Gasteiger partial charge in [-0.2, -0.15) is 8.42 Å². The number of rotatable bonds is 12. The van der Waals surface area contributed by atoms with Crippen LogP contribution in [-0.2, 0) is 14.3 Å². The normalized spacial score (nSPS) is 11.5. The fourth-order valence-corrected chi connectivity index (χ4v) is 4.05. The first-order chi connectivity index (χ1) is 14.7. The van der Waals surface area contributed by atoms with E-state index in [1.807, 2.05) is 0 Å². The summed E-state index contributed by atoms with van der Waals surface area (Å²) in [5.74, 6) is 0. The van der Waals surface area contributed by atoms with Gasteiger partial charge >= 0.3 is 0 Å². The number of benzene rings is 2. The third-order valence-corrected chi connectivity index (χ3v) is 6.46. The van der Waals surface area contributed by atoms with Crippen molar-refractivity contribution in [3.8, 4) is 0 Å². The maximum Gasteiger partial charge on any atom is 0.296 e. The van der Waals surface area contributed by atoms with E-state index >= 15 is 0 Å². The Morgan fingerprint density at radius 2 is 1.39 bits per heavy atom. The molecule has 0 heterocycles. The van der Waals surface area contributed by atoms with Gasteiger partial charge in [0.25, 0.3) is 10.1 Å². The second-order valence-corrected chi connectivity index (χ2v) is 10.2. The van der Waals surface area contributed by atoms with Crippen LogP contribution in [0.2, 0.25) is 0 Å². The van der Waals surface area contributed by atoms with Crippen molar-refractivity contribution in [3.05, 3.63) is 72.8 Å². The van der Waals surface area contributed by atoms with Crippen LogP contribution in [0.5, 0.6) is 0 Å². The second kappa shape index (κ2) is 14.2. The molecule has 4 nitrogen and oxygen atoms in total. The van der Waals surface area contributed by atoms with E-state index in [0.717, 1.165) is 18.1 Å². The Bertz CT molecular complexity index is 847. The average Bonchev–Trinajstić information content (AvgIpc) is 2.77. The number of quaternary nitrogens is 1. The summed E-state index contributed by atoms with van der Waals surface area (Å²) in [6, 6.07) is 18.6. The molecule has 0 amide bonds. The van der Waals surface area contributed by atoms with Gasteiger partial charge in [-0.05, 0) is 30.5 Å². The number of hydrogen-bond donors (Lipinski definition) is 0. The highest BCUT2D eigenvalue weighted by atomic mass is 32.2. The average molecular weight is 447 g/mol. The van der Waals surface area contributed by atoms with Gasteiger partial charge in [-0.3, -0.25) is 4.18 Å². The summed E-state index contributed by atoms with van der Waals surface area (Å²) < 4.78 is 27.3. The molecule has 0 atom stereocenters. The van der Waals surface area contributed by atoms with Crippen molar-refractivity contribution >= 4 is 15.7 Å². The Morgan fingerprint density at radius 1 is 0.871 bits per heavy atom. The third-order valence-electron chi connectivity index (χ3n) is 5.17. The predicted octanol–water partition coefficient (Wildman–Crippen LogP) is 6.16. The lowest BCUT2D eigenvalue weighted by Crippen LogP contribution is -2.41. The van der Waals surface area contributed by atoms with Gasteiger partial charge in [0.15, 0.2) is 0 Å². The highest BCUT2D eigenvalue weighted by Crippen LogP contribution is 2.17. The standard InChI is InChI=1S/C19H32N.C7H8O3S/c1-5-6-7-8-9-13-16-20(3,4)17-18(2)19-14-11-10-12-15-19;1-10-11(8,9)7-5-3-2-4-6-7/h10-12,14-15H,2,5-9,13,16-17H2,1,3-4H3;2-6H,1H3/q+1;. The summed E-state index contributed by atoms with van der Waals surface area (Å²) >= 11 is 0. The van der Waals surface area contributed by atoms with Crippen LogP contribution >= 0.6 is 0 Å². The summed E-state index contributed by atoms with van der Waals surface area (Å²) in [4.78, 5) is 0.183. The van der Waals surface area contributed by atoms with Crippen molar-refractivity contribution in [2.45, 2.75) is 50.3 Å². The Balaban J connectivity index is 0.000000367. The van der Waals surface area contributed by atoms with E-state index < -0.39 is 10.1 Å². The first kappa shape index (κ1) is 27.1. The summed E-state index contributed by atoms with van der Waals surface area (Å²) in [5.41, 5.74) is 2.53. The van der Waals surface area contributed by atoms with Crippen LogP contribution in [0.1, 0.15) is 51.0 Å². The van der Waals surface area contributed by atoms with Gasteiger partial charge in [0, 0.05) is 5.57 Å². The van der Waals surface area contributed by atoms with Gasteiger partial charge in [0.1, 0.15) is 6.54 Å². The zero-order valence-corrected chi connectivity index (χ0v) is 20.5. The van der Waals surface area contributed by atoms with E-state index in [4.69, 9.17) is 0 Å². The molecule has 0 aromatic heterocycles. The van der Waals surface area contributed by atoms with Gasteiger partial charge < -0.3 is 4.48 Å². The number of hydrogen-bond acceptors (Lipinski definition) is 3. The summed E-state index contributed by atoms with van der Waals surface area (Å²) in [6.07, 6.45) is 8.23. The molecule has 0 unspecified atom stereocenters. The van der Waals surface area contributed by atoms with Crippen LogP contribution < -0.4 is 0 Å². The molecule has 2 aromatic carbocycles. The molecule has 0 aliphatic rings. The molecule has 0 N–H and O–H groups in total. The number of unbranched alkanes of at least 4 members (excludes halogenated alkanes) is 5. The topological polar surface area (TPSA) is 43.4 Å². The first-order valence-corrected chi connectivity index (χ1v) is 12.5. The molecule has 0 fully saturated rings. The minimum Gasteiger partial charge on any atom is -0.325 e. The van der Waals surface area contributed by atoms with Crippen molar-refractivity contribution in [1.29, 1.82) is 0 Å². The van der Waals surface area contributed by atoms with Gasteiger partial charge in [-0.1, -0.05) is 87.7 Å². The molecule has 2 rings (SSSR count). The summed E-state index contributed by atoms with van der Waals surface area (Å²) in [7, 11) is 2.28. The van der Waals surface area contributed by atoms with E-state index in [9.17, 15) is 8.42 Å². The number of likely N-dealkylation sites (N-methyl/N-ethyl adjacent to an activating group) is 1. The first-order valence-electron chi connectivity index (χ1n) is 11.1. The molecule has 172 valence electrons. The lowest BCUT2D eigenvalue weighted by atomic mass is 10.1. The van der Waals surface area contributed by atoms with Crippen LogP contribution in [0, 0.1) is 0 Å². The molecule has 0 radical (unpaired) electrons. The predicted molar refractivity (Wildman–Crippen MR) is 131 cm³/mol. The smallest absolute Gasteiger partial charge is 0.296 e. The summed E-state index contributed by atoms with van der Waals surface area (Å²) in [6.45, 7) is 8.82. The lowest BCUT2D eigenvalue weighted by Gasteiger charge is -2.30. The molecule has 0 saturated heterocycles. The van der Waals surface area contributed by atoms with E-state index in [0.29, 0.717) is 0 Å². The molecule has 0 spiro atoms. The van der Waals surface area contributed by atoms with Gasteiger partial charge in [-0.15, -0.1) is 0 Å². The molecule has 0 aliphatic heterocycles. The molecular formula is C26H40NO3S+. The monoisotopic (exact) mass is 446 g/mol.